The number of para-hydroxylation sites is 1. The summed E-state index contributed by atoms with van der Waals surface area (Å²) < 4.78 is 0. The van der Waals surface area contributed by atoms with Gasteiger partial charge in [-0.2, -0.15) is 5.10 Å². The van der Waals surface area contributed by atoms with Gasteiger partial charge in [0.1, 0.15) is 0 Å². The standard InChI is InChI=1S/C16H10N2O3/c19-14-11-8-4-5-9-12(11)15(20)16(21)13(14)18-17-10-6-2-1-3-7-10/h1-9,17H. The minimum absolute atomic E-state index is 0.131. The highest BCUT2D eigenvalue weighted by atomic mass is 16.2. The second-order valence-electron chi connectivity index (χ2n) is 4.47. The van der Waals surface area contributed by atoms with E-state index in [1.165, 1.54) is 12.1 Å². The van der Waals surface area contributed by atoms with Crippen LogP contribution >= 0.6 is 0 Å². The van der Waals surface area contributed by atoms with Crippen molar-refractivity contribution in [3.63, 3.8) is 0 Å². The highest BCUT2D eigenvalue weighted by Crippen LogP contribution is 2.04. The van der Waals surface area contributed by atoms with E-state index in [1.807, 2.05) is 6.07 Å². The molecule has 5 nitrogen and oxygen atoms in total. The van der Waals surface area contributed by atoms with Gasteiger partial charge in [0.05, 0.1) is 5.69 Å². The van der Waals surface area contributed by atoms with Crippen molar-refractivity contribution in [1.82, 2.24) is 0 Å². The average molecular weight is 278 g/mol. The molecule has 21 heavy (non-hydrogen) atoms. The van der Waals surface area contributed by atoms with E-state index in [0.29, 0.717) is 5.69 Å². The van der Waals surface area contributed by atoms with Crippen molar-refractivity contribution in [2.45, 2.75) is 0 Å². The minimum Gasteiger partial charge on any atom is -0.287 e. The number of benzene rings is 3. The fourth-order valence-corrected chi connectivity index (χ4v) is 2.07. The van der Waals surface area contributed by atoms with Crippen molar-refractivity contribution >= 4 is 16.5 Å². The third-order valence-corrected chi connectivity index (χ3v) is 3.12. The molecule has 3 aromatic rings. The Morgan fingerprint density at radius 1 is 0.667 bits per heavy atom. The SMILES string of the molecule is O=c1c(=NNc2ccccc2)c(=O)c2ccccc2c1=O. The molecule has 0 radical (unpaired) electrons. The zero-order chi connectivity index (χ0) is 14.8. The van der Waals surface area contributed by atoms with Gasteiger partial charge in [-0.1, -0.05) is 42.5 Å². The normalized spacial score (nSPS) is 11.7. The lowest BCUT2D eigenvalue weighted by Gasteiger charge is -1.98. The van der Waals surface area contributed by atoms with Crippen molar-refractivity contribution in [3.05, 3.63) is 90.6 Å². The summed E-state index contributed by atoms with van der Waals surface area (Å²) >= 11 is 0. The summed E-state index contributed by atoms with van der Waals surface area (Å²) in [5, 5.41) is 3.76. The van der Waals surface area contributed by atoms with Crippen LogP contribution in [0.15, 0.2) is 74.1 Å². The van der Waals surface area contributed by atoms with E-state index < -0.39 is 16.3 Å². The van der Waals surface area contributed by atoms with Crippen LogP contribution < -0.4 is 27.1 Å². The molecule has 0 fully saturated rings. The lowest BCUT2D eigenvalue weighted by atomic mass is 10.1. The first-order valence-corrected chi connectivity index (χ1v) is 6.30. The highest BCUT2D eigenvalue weighted by Gasteiger charge is 2.10. The van der Waals surface area contributed by atoms with Crippen LogP contribution in [0.5, 0.6) is 0 Å². The Labute approximate surface area is 118 Å². The summed E-state index contributed by atoms with van der Waals surface area (Å²) in [5.74, 6) is 0. The van der Waals surface area contributed by atoms with E-state index in [-0.39, 0.29) is 16.1 Å². The van der Waals surface area contributed by atoms with Crippen LogP contribution in [0.3, 0.4) is 0 Å². The Kier molecular flexibility index (Phi) is 3.16. The largest absolute Gasteiger partial charge is 0.287 e. The topological polar surface area (TPSA) is 75.6 Å². The van der Waals surface area contributed by atoms with Crippen molar-refractivity contribution < 1.29 is 0 Å². The predicted molar refractivity (Wildman–Crippen MR) is 80.8 cm³/mol. The van der Waals surface area contributed by atoms with Gasteiger partial charge >= 0.3 is 0 Å². The fourth-order valence-electron chi connectivity index (χ4n) is 2.07. The molecule has 0 unspecified atom stereocenters. The molecule has 1 N–H and O–H groups in total. The van der Waals surface area contributed by atoms with E-state index in [1.54, 1.807) is 36.4 Å². The molecule has 102 valence electrons. The number of anilines is 1. The third-order valence-electron chi connectivity index (χ3n) is 3.12. The van der Waals surface area contributed by atoms with Gasteiger partial charge in [-0.05, 0) is 12.1 Å². The highest BCUT2D eigenvalue weighted by molar-refractivity contribution is 5.81. The average Bonchev–Trinajstić information content (AvgIpc) is 2.54. The van der Waals surface area contributed by atoms with Crippen molar-refractivity contribution in [1.29, 1.82) is 0 Å². The molecule has 0 aliphatic carbocycles. The maximum atomic E-state index is 12.3. The molecule has 0 amide bonds. The Morgan fingerprint density at radius 3 is 1.90 bits per heavy atom. The summed E-state index contributed by atoms with van der Waals surface area (Å²) in [6.45, 7) is 0. The molecular formula is C16H10N2O3. The Balaban J connectivity index is 2.27. The Hall–Kier alpha value is -3.08. The fraction of sp³-hybridized carbons (Fsp3) is 0. The van der Waals surface area contributed by atoms with Crippen molar-refractivity contribution in [3.8, 4) is 0 Å². The molecule has 3 aromatic carbocycles. The molecule has 0 bridgehead atoms. The van der Waals surface area contributed by atoms with Crippen molar-refractivity contribution in [2.24, 2.45) is 5.10 Å². The summed E-state index contributed by atoms with van der Waals surface area (Å²) in [7, 11) is 0. The number of hydrogen-bond acceptors (Lipinski definition) is 5. The number of nitrogens with zero attached hydrogens (tertiary/aromatic N) is 1. The van der Waals surface area contributed by atoms with Gasteiger partial charge in [0, 0.05) is 10.8 Å². The van der Waals surface area contributed by atoms with Gasteiger partial charge in [-0.25, -0.2) is 0 Å². The van der Waals surface area contributed by atoms with E-state index in [9.17, 15) is 14.4 Å². The Morgan fingerprint density at radius 2 is 1.24 bits per heavy atom. The maximum absolute atomic E-state index is 12.3. The molecule has 0 spiro atoms. The van der Waals surface area contributed by atoms with Gasteiger partial charge in [0.2, 0.25) is 10.9 Å². The quantitative estimate of drug-likeness (QED) is 0.553. The second-order valence-corrected chi connectivity index (χ2v) is 4.47. The molecule has 0 heterocycles. The smallest absolute Gasteiger partial charge is 0.257 e. The molecule has 0 saturated heterocycles. The summed E-state index contributed by atoms with van der Waals surface area (Å²) in [5.41, 5.74) is 1.10. The van der Waals surface area contributed by atoms with Gasteiger partial charge in [0.15, 0.2) is 5.36 Å². The van der Waals surface area contributed by atoms with Crippen LogP contribution in [-0.4, -0.2) is 0 Å². The summed E-state index contributed by atoms with van der Waals surface area (Å²) in [6, 6.07) is 15.1. The predicted octanol–water partition coefficient (Wildman–Crippen LogP) is 0.724. The minimum atomic E-state index is -0.887. The zero-order valence-corrected chi connectivity index (χ0v) is 10.9. The summed E-state index contributed by atoms with van der Waals surface area (Å²) in [6.07, 6.45) is 0. The molecule has 5 heteroatoms. The lowest BCUT2D eigenvalue weighted by Crippen LogP contribution is -2.48. The van der Waals surface area contributed by atoms with Crippen LogP contribution in [0.4, 0.5) is 5.69 Å². The van der Waals surface area contributed by atoms with Crippen molar-refractivity contribution in [2.75, 3.05) is 5.43 Å². The molecule has 0 aliphatic heterocycles. The molecular weight excluding hydrogens is 268 g/mol. The number of fused-ring (bicyclic) bond motifs is 1. The van der Waals surface area contributed by atoms with Gasteiger partial charge in [0.25, 0.3) is 5.43 Å². The van der Waals surface area contributed by atoms with Crippen LogP contribution in [0, 0.1) is 0 Å². The first kappa shape index (κ1) is 12.9. The van der Waals surface area contributed by atoms with Crippen LogP contribution in [0.25, 0.3) is 10.8 Å². The first-order chi connectivity index (χ1) is 10.2. The van der Waals surface area contributed by atoms with Gasteiger partial charge in [-0.3, -0.25) is 19.8 Å². The van der Waals surface area contributed by atoms with Crippen LogP contribution in [0.2, 0.25) is 0 Å². The Bertz CT molecular complexity index is 1020. The third kappa shape index (κ3) is 2.25. The molecule has 0 atom stereocenters. The number of rotatable bonds is 2. The molecule has 0 aliphatic rings. The molecule has 0 saturated carbocycles. The zero-order valence-electron chi connectivity index (χ0n) is 10.9. The monoisotopic (exact) mass is 278 g/mol. The van der Waals surface area contributed by atoms with Crippen LogP contribution in [0.1, 0.15) is 0 Å². The van der Waals surface area contributed by atoms with Gasteiger partial charge < -0.3 is 0 Å². The molecule has 3 rings (SSSR count). The number of nitrogens with one attached hydrogen (secondary N) is 1. The summed E-state index contributed by atoms with van der Waals surface area (Å²) in [4.78, 5) is 36.2. The lowest BCUT2D eigenvalue weighted by molar-refractivity contribution is 1.17. The van der Waals surface area contributed by atoms with E-state index in [2.05, 4.69) is 10.5 Å². The van der Waals surface area contributed by atoms with E-state index >= 15 is 0 Å². The first-order valence-electron chi connectivity index (χ1n) is 6.30. The van der Waals surface area contributed by atoms with Crippen LogP contribution in [-0.2, 0) is 0 Å². The second kappa shape index (κ2) is 5.13. The molecule has 0 aromatic heterocycles. The van der Waals surface area contributed by atoms with E-state index in [4.69, 9.17) is 0 Å². The van der Waals surface area contributed by atoms with Gasteiger partial charge in [-0.15, -0.1) is 0 Å². The number of hydrogen-bond donors (Lipinski definition) is 1. The van der Waals surface area contributed by atoms with E-state index in [0.717, 1.165) is 0 Å². The maximum Gasteiger partial charge on any atom is 0.257 e.